The first-order chi connectivity index (χ1) is 16.9. The van der Waals surface area contributed by atoms with Gasteiger partial charge in [-0.1, -0.05) is 24.3 Å². The molecule has 178 valence electrons. The number of nitro benzene ring substituents is 1. The van der Waals surface area contributed by atoms with Crippen molar-refractivity contribution in [2.45, 2.75) is 13.5 Å². The molecule has 0 atom stereocenters. The number of non-ortho nitro benzene ring substituents is 1. The third-order valence-corrected chi connectivity index (χ3v) is 5.45. The Labute approximate surface area is 207 Å². The summed E-state index contributed by atoms with van der Waals surface area (Å²) in [4.78, 5) is 27.0. The topological polar surface area (TPSA) is 100 Å². The van der Waals surface area contributed by atoms with Gasteiger partial charge >= 0.3 is 5.97 Å². The monoisotopic (exact) mass is 540 g/mol. The molecule has 0 fully saturated rings. The third-order valence-electron chi connectivity index (χ3n) is 4.86. The van der Waals surface area contributed by atoms with Crippen LogP contribution < -0.4 is 9.47 Å². The number of carbonyl (C=O) groups is 1. The van der Waals surface area contributed by atoms with Crippen LogP contribution in [0.3, 0.4) is 0 Å². The summed E-state index contributed by atoms with van der Waals surface area (Å²) in [7, 11) is 0. The van der Waals surface area contributed by atoms with E-state index in [1.165, 1.54) is 36.4 Å². The van der Waals surface area contributed by atoms with E-state index in [0.717, 1.165) is 0 Å². The van der Waals surface area contributed by atoms with Gasteiger partial charge in [-0.25, -0.2) is 14.2 Å². The Morgan fingerprint density at radius 2 is 1.94 bits per heavy atom. The predicted octanol–water partition coefficient (Wildman–Crippen LogP) is 5.82. The lowest BCUT2D eigenvalue weighted by Gasteiger charge is -2.15. The van der Waals surface area contributed by atoms with Crippen LogP contribution in [0, 0.1) is 15.9 Å². The molecule has 0 saturated heterocycles. The van der Waals surface area contributed by atoms with Gasteiger partial charge in [0.1, 0.15) is 12.4 Å². The summed E-state index contributed by atoms with van der Waals surface area (Å²) in [6.45, 7) is 2.23. The smallest absolute Gasteiger partial charge is 0.363 e. The van der Waals surface area contributed by atoms with E-state index in [2.05, 4.69) is 20.9 Å². The molecule has 3 aromatic carbocycles. The molecule has 35 heavy (non-hydrogen) atoms. The van der Waals surface area contributed by atoms with Gasteiger partial charge in [-0.3, -0.25) is 10.1 Å². The van der Waals surface area contributed by atoms with Crippen molar-refractivity contribution >= 4 is 39.6 Å². The Balaban J connectivity index is 1.61. The molecule has 1 aliphatic rings. The van der Waals surface area contributed by atoms with Crippen LogP contribution in [0.25, 0.3) is 6.08 Å². The Hall–Kier alpha value is -4.05. The quantitative estimate of drug-likeness (QED) is 0.154. The highest BCUT2D eigenvalue weighted by Gasteiger charge is 2.26. The molecule has 0 unspecified atom stereocenters. The number of hydrogen-bond donors (Lipinski definition) is 0. The summed E-state index contributed by atoms with van der Waals surface area (Å²) in [6, 6.07) is 15.4. The van der Waals surface area contributed by atoms with Crippen molar-refractivity contribution in [2.24, 2.45) is 4.99 Å². The minimum Gasteiger partial charge on any atom is -0.490 e. The maximum atomic E-state index is 14.1. The molecule has 0 aromatic heterocycles. The molecule has 4 rings (SSSR count). The van der Waals surface area contributed by atoms with Gasteiger partial charge in [0.2, 0.25) is 5.90 Å². The number of rotatable bonds is 8. The largest absolute Gasteiger partial charge is 0.490 e. The van der Waals surface area contributed by atoms with Crippen molar-refractivity contribution in [1.82, 2.24) is 0 Å². The second kappa shape index (κ2) is 10.5. The lowest BCUT2D eigenvalue weighted by atomic mass is 10.1. The van der Waals surface area contributed by atoms with E-state index in [9.17, 15) is 19.3 Å². The fraction of sp³-hybridized carbons (Fsp3) is 0.120. The van der Waals surface area contributed by atoms with E-state index in [1.54, 1.807) is 30.3 Å². The summed E-state index contributed by atoms with van der Waals surface area (Å²) in [5.74, 6) is -0.579. The van der Waals surface area contributed by atoms with Gasteiger partial charge in [-0.2, -0.15) is 0 Å². The van der Waals surface area contributed by atoms with Crippen LogP contribution in [0.5, 0.6) is 11.5 Å². The second-order valence-electron chi connectivity index (χ2n) is 7.29. The van der Waals surface area contributed by atoms with E-state index in [4.69, 9.17) is 14.2 Å². The summed E-state index contributed by atoms with van der Waals surface area (Å²) in [6.07, 6.45) is 1.49. The number of benzene rings is 3. The van der Waals surface area contributed by atoms with Gasteiger partial charge in [0.15, 0.2) is 17.2 Å². The fourth-order valence-electron chi connectivity index (χ4n) is 3.31. The molecule has 0 saturated carbocycles. The first-order valence-electron chi connectivity index (χ1n) is 10.5. The number of carbonyl (C=O) groups excluding carboxylic acids is 1. The number of halogens is 2. The average molecular weight is 541 g/mol. The van der Waals surface area contributed by atoms with E-state index >= 15 is 0 Å². The van der Waals surface area contributed by atoms with E-state index < -0.39 is 16.7 Å². The maximum Gasteiger partial charge on any atom is 0.363 e. The molecule has 0 spiro atoms. The van der Waals surface area contributed by atoms with Crippen LogP contribution in [0.15, 0.2) is 75.8 Å². The number of nitrogens with zero attached hydrogens (tertiary/aromatic N) is 2. The van der Waals surface area contributed by atoms with Gasteiger partial charge < -0.3 is 14.2 Å². The average Bonchev–Trinajstić information content (AvgIpc) is 3.19. The van der Waals surface area contributed by atoms with E-state index in [1.807, 2.05) is 6.92 Å². The molecule has 0 aliphatic carbocycles. The lowest BCUT2D eigenvalue weighted by Crippen LogP contribution is -2.07. The molecule has 0 radical (unpaired) electrons. The molecule has 0 amide bonds. The normalized spacial score (nSPS) is 14.0. The number of esters is 1. The zero-order valence-corrected chi connectivity index (χ0v) is 20.0. The molecule has 1 aliphatic heterocycles. The van der Waals surface area contributed by atoms with Crippen LogP contribution in [0.2, 0.25) is 0 Å². The molecule has 10 heteroatoms. The first-order valence-corrected chi connectivity index (χ1v) is 11.2. The highest BCUT2D eigenvalue weighted by molar-refractivity contribution is 9.10. The van der Waals surface area contributed by atoms with Crippen molar-refractivity contribution < 1.29 is 28.3 Å². The van der Waals surface area contributed by atoms with E-state index in [0.29, 0.717) is 33.7 Å². The van der Waals surface area contributed by atoms with Crippen molar-refractivity contribution in [3.8, 4) is 11.5 Å². The first kappa shape index (κ1) is 24.1. The molecular weight excluding hydrogens is 523 g/mol. The van der Waals surface area contributed by atoms with Crippen molar-refractivity contribution in [2.75, 3.05) is 6.61 Å². The van der Waals surface area contributed by atoms with Crippen LogP contribution in [0.4, 0.5) is 10.1 Å². The molecular formula is C25H18BrFN2O6. The lowest BCUT2D eigenvalue weighted by molar-refractivity contribution is -0.384. The molecule has 0 N–H and O–H groups in total. The highest BCUT2D eigenvalue weighted by Crippen LogP contribution is 2.38. The van der Waals surface area contributed by atoms with Gasteiger partial charge in [0.25, 0.3) is 5.69 Å². The summed E-state index contributed by atoms with van der Waals surface area (Å²) >= 11 is 3.46. The van der Waals surface area contributed by atoms with Gasteiger partial charge in [-0.15, -0.1) is 0 Å². The van der Waals surface area contributed by atoms with Crippen LogP contribution in [0.1, 0.15) is 23.6 Å². The van der Waals surface area contributed by atoms with Crippen molar-refractivity contribution in [3.05, 3.63) is 103 Å². The highest BCUT2D eigenvalue weighted by atomic mass is 79.9. The van der Waals surface area contributed by atoms with Gasteiger partial charge in [0, 0.05) is 12.1 Å². The molecule has 1 heterocycles. The Bertz CT molecular complexity index is 1370. The van der Waals surface area contributed by atoms with Crippen LogP contribution in [-0.4, -0.2) is 23.4 Å². The number of nitro groups is 1. The van der Waals surface area contributed by atoms with Crippen molar-refractivity contribution in [1.29, 1.82) is 0 Å². The maximum absolute atomic E-state index is 14.1. The summed E-state index contributed by atoms with van der Waals surface area (Å²) in [5.41, 5.74) is 1.24. The molecule has 3 aromatic rings. The van der Waals surface area contributed by atoms with Crippen LogP contribution >= 0.6 is 15.9 Å². The Morgan fingerprint density at radius 3 is 2.69 bits per heavy atom. The Morgan fingerprint density at radius 1 is 1.14 bits per heavy atom. The standard InChI is InChI=1S/C25H18BrFN2O6/c1-2-33-22-13-16(12-21-25(30)35-24(28-21)18-8-3-4-9-20(18)27)11-19(26)23(22)34-14-15-6-5-7-17(10-15)29(31)32/h3-13H,2,14H2,1H3/b21-12-. The second-order valence-corrected chi connectivity index (χ2v) is 8.15. The molecule has 8 nitrogen and oxygen atoms in total. The zero-order chi connectivity index (χ0) is 24.9. The SMILES string of the molecule is CCOc1cc(/C=C2\N=C(c3ccccc3F)OC2=O)cc(Br)c1OCc1cccc([N+](=O)[O-])c1. The van der Waals surface area contributed by atoms with Crippen LogP contribution in [-0.2, 0) is 16.1 Å². The number of cyclic esters (lactones) is 1. The zero-order valence-electron chi connectivity index (χ0n) is 18.4. The van der Waals surface area contributed by atoms with Gasteiger partial charge in [-0.05, 0) is 64.3 Å². The fourth-order valence-corrected chi connectivity index (χ4v) is 3.88. The summed E-state index contributed by atoms with van der Waals surface area (Å²) in [5, 5.41) is 11.0. The minimum atomic E-state index is -0.705. The number of ether oxygens (including phenoxy) is 3. The Kier molecular flexibility index (Phi) is 7.21. The minimum absolute atomic E-state index is 0.00265. The van der Waals surface area contributed by atoms with Gasteiger partial charge in [0.05, 0.1) is 21.6 Å². The van der Waals surface area contributed by atoms with E-state index in [-0.39, 0.29) is 29.5 Å². The third kappa shape index (κ3) is 5.55. The number of hydrogen-bond acceptors (Lipinski definition) is 7. The number of aliphatic imine (C=N–C) groups is 1. The predicted molar refractivity (Wildman–Crippen MR) is 130 cm³/mol. The summed E-state index contributed by atoms with van der Waals surface area (Å²) < 4.78 is 31.3. The molecule has 0 bridgehead atoms. The van der Waals surface area contributed by atoms with Crippen molar-refractivity contribution in [3.63, 3.8) is 0 Å².